The second kappa shape index (κ2) is 12.8. The van der Waals surface area contributed by atoms with Crippen LogP contribution >= 0.6 is 0 Å². The zero-order valence-corrected chi connectivity index (χ0v) is 31.3. The van der Waals surface area contributed by atoms with Gasteiger partial charge in [-0.2, -0.15) is 0 Å². The SMILES string of the molecule is [2H]C.c1ccc(-c2ccc(-c3c4ccccc4c(-c4ccc(-c5cccc6ccccc56)cc4)c4ccccc34)c3oc4cc5oc6ccccc6c5cc4c23)cc1. The highest BCUT2D eigenvalue weighted by molar-refractivity contribution is 6.26. The third kappa shape index (κ3) is 4.97. The van der Waals surface area contributed by atoms with E-state index in [1.54, 1.807) is 0 Å². The molecule has 0 N–H and O–H groups in total. The summed E-state index contributed by atoms with van der Waals surface area (Å²) in [6.45, 7) is 0. The number of fused-ring (bicyclic) bond motifs is 9. The van der Waals surface area contributed by atoms with E-state index in [1.165, 1.54) is 67.5 Å². The summed E-state index contributed by atoms with van der Waals surface area (Å²) in [7, 11) is 1.25. The fourth-order valence-electron chi connectivity index (χ4n) is 9.18. The van der Waals surface area contributed by atoms with Gasteiger partial charge in [0, 0.05) is 40.1 Å². The molecule has 2 heteroatoms. The molecule has 57 heavy (non-hydrogen) atoms. The summed E-state index contributed by atoms with van der Waals surface area (Å²) >= 11 is 0. The number of rotatable bonds is 4. The monoisotopic (exact) mass is 729 g/mol. The summed E-state index contributed by atoms with van der Waals surface area (Å²) in [6, 6.07) is 69.8. The number of para-hydroxylation sites is 1. The summed E-state index contributed by atoms with van der Waals surface area (Å²) in [5, 5.41) is 11.7. The molecular weight excluding hydrogens is 693 g/mol. The van der Waals surface area contributed by atoms with Crippen LogP contribution in [0.15, 0.2) is 203 Å². The van der Waals surface area contributed by atoms with Crippen molar-refractivity contribution in [1.29, 1.82) is 0 Å². The molecule has 2 heterocycles. The van der Waals surface area contributed by atoms with Crippen LogP contribution in [-0.4, -0.2) is 0 Å². The Hall–Kier alpha value is -7.42. The largest absolute Gasteiger partial charge is 0.456 e. The Morgan fingerprint density at radius 1 is 0.316 bits per heavy atom. The quantitative estimate of drug-likeness (QED) is 0.169. The van der Waals surface area contributed by atoms with Gasteiger partial charge in [-0.05, 0) is 83.9 Å². The molecule has 0 amide bonds. The summed E-state index contributed by atoms with van der Waals surface area (Å²) in [6.07, 6.45) is 0. The molecule has 0 saturated heterocycles. The van der Waals surface area contributed by atoms with Crippen LogP contribution in [0.4, 0.5) is 0 Å². The molecule has 0 bridgehead atoms. The lowest BCUT2D eigenvalue weighted by Crippen LogP contribution is -1.92. The molecule has 0 fully saturated rings. The van der Waals surface area contributed by atoms with Crippen LogP contribution in [0, 0.1) is 0 Å². The third-order valence-corrected chi connectivity index (χ3v) is 11.7. The van der Waals surface area contributed by atoms with Crippen molar-refractivity contribution < 1.29 is 10.2 Å². The van der Waals surface area contributed by atoms with Crippen LogP contribution in [0.25, 0.3) is 121 Å². The summed E-state index contributed by atoms with van der Waals surface area (Å²) < 4.78 is 19.1. The van der Waals surface area contributed by atoms with Crippen LogP contribution < -0.4 is 0 Å². The van der Waals surface area contributed by atoms with Gasteiger partial charge < -0.3 is 8.83 Å². The van der Waals surface area contributed by atoms with E-state index in [4.69, 9.17) is 10.2 Å². The van der Waals surface area contributed by atoms with Gasteiger partial charge in [0.2, 0.25) is 0 Å². The Labute approximate surface area is 331 Å². The van der Waals surface area contributed by atoms with Gasteiger partial charge in [-0.25, -0.2) is 0 Å². The maximum absolute atomic E-state index is 7.04. The lowest BCUT2D eigenvalue weighted by molar-refractivity contribution is 0.657. The molecule has 0 saturated carbocycles. The van der Waals surface area contributed by atoms with Crippen molar-refractivity contribution in [3.63, 3.8) is 0 Å². The smallest absolute Gasteiger partial charge is 0.143 e. The minimum absolute atomic E-state index is 0.813. The minimum Gasteiger partial charge on any atom is -0.456 e. The molecular formula is C55H36O2. The average molecular weight is 730 g/mol. The molecule has 0 spiro atoms. The standard InChI is InChI=1S/C54H32O2.CH4/c1-2-13-34(14-3-1)39-29-30-45(54-53(39)47-31-46-40-18-10-11-24-48(40)55-49(46)32-50(47)56-54)52-43-21-8-6-19-41(43)51(42-20-7-9-22-44(42)52)36-27-25-35(26-28-36)38-23-12-16-33-15-4-5-17-37(33)38;/h1-32H;1H4/i;1D. The van der Waals surface area contributed by atoms with Crippen LogP contribution in [0.5, 0.6) is 0 Å². The van der Waals surface area contributed by atoms with Gasteiger partial charge in [0.25, 0.3) is 0 Å². The van der Waals surface area contributed by atoms with Crippen molar-refractivity contribution in [2.75, 3.05) is 0 Å². The second-order valence-corrected chi connectivity index (χ2v) is 14.7. The highest BCUT2D eigenvalue weighted by Crippen LogP contribution is 2.49. The van der Waals surface area contributed by atoms with E-state index in [1.807, 2.05) is 12.1 Å². The predicted octanol–water partition coefficient (Wildman–Crippen LogP) is 16.2. The van der Waals surface area contributed by atoms with Gasteiger partial charge in [-0.15, -0.1) is 0 Å². The van der Waals surface area contributed by atoms with Gasteiger partial charge in [-0.3, -0.25) is 0 Å². The second-order valence-electron chi connectivity index (χ2n) is 14.7. The zero-order chi connectivity index (χ0) is 38.7. The maximum atomic E-state index is 7.04. The van der Waals surface area contributed by atoms with E-state index in [2.05, 4.69) is 182 Å². The molecule has 12 rings (SSSR count). The molecule has 0 radical (unpaired) electrons. The molecule has 12 aromatic rings. The molecule has 2 nitrogen and oxygen atoms in total. The van der Waals surface area contributed by atoms with Crippen LogP contribution in [0.1, 0.15) is 8.77 Å². The predicted molar refractivity (Wildman–Crippen MR) is 242 cm³/mol. The molecule has 0 unspecified atom stereocenters. The first kappa shape index (κ1) is 31.9. The van der Waals surface area contributed by atoms with Crippen LogP contribution in [0.3, 0.4) is 0 Å². The Kier molecular flexibility index (Phi) is 7.18. The molecule has 10 aromatic carbocycles. The van der Waals surface area contributed by atoms with Crippen molar-refractivity contribution in [3.05, 3.63) is 194 Å². The maximum Gasteiger partial charge on any atom is 0.143 e. The van der Waals surface area contributed by atoms with E-state index in [0.717, 1.165) is 60.6 Å². The van der Waals surface area contributed by atoms with Crippen molar-refractivity contribution in [1.82, 2.24) is 0 Å². The van der Waals surface area contributed by atoms with E-state index in [-0.39, 0.29) is 0 Å². The Morgan fingerprint density at radius 2 is 0.860 bits per heavy atom. The van der Waals surface area contributed by atoms with Gasteiger partial charge >= 0.3 is 0 Å². The van der Waals surface area contributed by atoms with Gasteiger partial charge in [-0.1, -0.05) is 177 Å². The van der Waals surface area contributed by atoms with Gasteiger partial charge in [0.1, 0.15) is 22.3 Å². The number of hydrogen-bond donors (Lipinski definition) is 0. The molecule has 0 aliphatic heterocycles. The highest BCUT2D eigenvalue weighted by Gasteiger charge is 2.23. The normalized spacial score (nSPS) is 11.8. The summed E-state index contributed by atoms with van der Waals surface area (Å²) in [5.41, 5.74) is 12.8. The molecule has 2 aromatic heterocycles. The van der Waals surface area contributed by atoms with Crippen LogP contribution in [-0.2, 0) is 0 Å². The first-order chi connectivity index (χ1) is 28.8. The van der Waals surface area contributed by atoms with Crippen molar-refractivity contribution in [2.45, 2.75) is 7.40 Å². The third-order valence-electron chi connectivity index (χ3n) is 11.7. The summed E-state index contributed by atoms with van der Waals surface area (Å²) in [4.78, 5) is 0. The number of benzene rings is 10. The number of hydrogen-bond acceptors (Lipinski definition) is 2. The first-order valence-corrected chi connectivity index (χ1v) is 19.2. The Balaban J connectivity index is 0.00000190. The lowest BCUT2D eigenvalue weighted by atomic mass is 9.84. The number of furan rings is 2. The minimum atomic E-state index is 0.813. The fraction of sp³-hybridized carbons (Fsp3) is 0.0182. The van der Waals surface area contributed by atoms with Gasteiger partial charge in [0.05, 0.1) is 0 Å². The van der Waals surface area contributed by atoms with Crippen LogP contribution in [0.2, 0.25) is 0 Å². The lowest BCUT2D eigenvalue weighted by Gasteiger charge is -2.18. The van der Waals surface area contributed by atoms with Gasteiger partial charge in [0.15, 0.2) is 0 Å². The zero-order valence-electron chi connectivity index (χ0n) is 32.3. The average Bonchev–Trinajstić information content (AvgIpc) is 3.86. The van der Waals surface area contributed by atoms with Crippen molar-refractivity contribution in [2.24, 2.45) is 0 Å². The van der Waals surface area contributed by atoms with E-state index < -0.39 is 0 Å². The van der Waals surface area contributed by atoms with Crippen molar-refractivity contribution >= 4 is 76.2 Å². The molecule has 0 atom stereocenters. The molecule has 268 valence electrons. The highest BCUT2D eigenvalue weighted by atomic mass is 16.3. The fourth-order valence-corrected chi connectivity index (χ4v) is 9.18. The van der Waals surface area contributed by atoms with Crippen molar-refractivity contribution in [3.8, 4) is 44.5 Å². The Bertz CT molecular complexity index is 3460. The molecule has 0 aliphatic carbocycles. The van der Waals surface area contributed by atoms with E-state index in [9.17, 15) is 0 Å². The Morgan fingerprint density at radius 3 is 1.60 bits per heavy atom. The topological polar surface area (TPSA) is 26.3 Å². The van der Waals surface area contributed by atoms with E-state index >= 15 is 0 Å². The molecule has 0 aliphatic rings. The van der Waals surface area contributed by atoms with E-state index in [0.29, 0.717) is 0 Å². The summed E-state index contributed by atoms with van der Waals surface area (Å²) in [5.74, 6) is 0. The first-order valence-electron chi connectivity index (χ1n) is 20.2.